The lowest BCUT2D eigenvalue weighted by Gasteiger charge is -2.60. The molecular weight excluding hydrogens is 324 g/mol. The van der Waals surface area contributed by atoms with E-state index in [0.29, 0.717) is 0 Å². The van der Waals surface area contributed by atoms with Crippen LogP contribution in [0.1, 0.15) is 33.6 Å². The summed E-state index contributed by atoms with van der Waals surface area (Å²) >= 11 is 1.20. The van der Waals surface area contributed by atoms with Crippen LogP contribution in [0.5, 0.6) is 0 Å². The van der Waals surface area contributed by atoms with E-state index in [1.165, 1.54) is 23.6 Å². The van der Waals surface area contributed by atoms with Crippen molar-refractivity contribution in [2.75, 3.05) is 6.54 Å². The second-order valence-electron chi connectivity index (χ2n) is 6.54. The lowest BCUT2D eigenvalue weighted by molar-refractivity contribution is -0.195. The van der Waals surface area contributed by atoms with Crippen LogP contribution in [0.3, 0.4) is 0 Å². The van der Waals surface area contributed by atoms with E-state index in [1.807, 2.05) is 0 Å². The highest BCUT2D eigenvalue weighted by Gasteiger charge is 2.78. The molecule has 8 nitrogen and oxygen atoms in total. The van der Waals surface area contributed by atoms with E-state index in [1.54, 1.807) is 13.8 Å². The molecule has 9 heteroatoms. The van der Waals surface area contributed by atoms with Crippen molar-refractivity contribution < 1.29 is 29.7 Å². The molecule has 0 bridgehead atoms. The fourth-order valence-electron chi connectivity index (χ4n) is 3.71. The van der Waals surface area contributed by atoms with Gasteiger partial charge in [-0.05, 0) is 27.2 Å². The van der Waals surface area contributed by atoms with Gasteiger partial charge in [-0.3, -0.25) is 9.59 Å². The summed E-state index contributed by atoms with van der Waals surface area (Å²) in [4.78, 5) is 35.6. The first-order valence-corrected chi connectivity index (χ1v) is 8.16. The molecule has 23 heavy (non-hydrogen) atoms. The maximum Gasteiger partial charge on any atom is 0.327 e. The Kier molecular flexibility index (Phi) is 4.20. The molecule has 2 unspecified atom stereocenters. The summed E-state index contributed by atoms with van der Waals surface area (Å²) in [6.45, 7) is 4.74. The van der Waals surface area contributed by atoms with Gasteiger partial charge in [0.05, 0.1) is 10.9 Å². The van der Waals surface area contributed by atoms with Crippen molar-refractivity contribution in [3.05, 3.63) is 0 Å². The van der Waals surface area contributed by atoms with Crippen molar-refractivity contribution in [1.29, 1.82) is 0 Å². The van der Waals surface area contributed by atoms with Crippen molar-refractivity contribution in [2.24, 2.45) is 11.1 Å². The number of β-lactam (4-membered cyclic amide) rings is 1. The molecule has 5 atom stereocenters. The number of aliphatic hydroxyl groups is 1. The standard InChI is InChI=1S/C14H22N2O6S/c1-7(17)12(2)11(22)16-9(10(20)21)14(6-15,5-4-8(18)19)23-13(12,16)3/h7,9,17H,4-6,15H2,1-3H3,(H,18,19)(H,20,21)/t7-,9?,12+,13-,14?/m1/s1. The number of fused-ring (bicyclic) bond motifs is 1. The Labute approximate surface area is 138 Å². The Balaban J connectivity index is 2.49. The van der Waals surface area contributed by atoms with E-state index in [2.05, 4.69) is 0 Å². The SMILES string of the molecule is C[C@@H](O)[C@@]1(C)C(=O)N2C(C(=O)O)C(CN)(CCC(=O)O)S[C@@]21C. The summed E-state index contributed by atoms with van der Waals surface area (Å²) in [6, 6.07) is -1.21. The predicted molar refractivity (Wildman–Crippen MR) is 82.7 cm³/mol. The number of carbonyl (C=O) groups excluding carboxylic acids is 1. The van der Waals surface area contributed by atoms with Gasteiger partial charge in [0.1, 0.15) is 16.3 Å². The van der Waals surface area contributed by atoms with E-state index in [9.17, 15) is 24.6 Å². The Morgan fingerprint density at radius 3 is 2.35 bits per heavy atom. The van der Waals surface area contributed by atoms with E-state index in [-0.39, 0.29) is 19.4 Å². The minimum absolute atomic E-state index is 0.0374. The number of carbonyl (C=O) groups is 3. The number of rotatable bonds is 6. The van der Waals surface area contributed by atoms with Crippen molar-refractivity contribution >= 4 is 29.6 Å². The Morgan fingerprint density at radius 1 is 1.39 bits per heavy atom. The van der Waals surface area contributed by atoms with Gasteiger partial charge in [-0.15, -0.1) is 11.8 Å². The predicted octanol–water partition coefficient (Wildman–Crippen LogP) is -0.306. The number of thioether (sulfide) groups is 1. The molecule has 2 aliphatic heterocycles. The van der Waals surface area contributed by atoms with Crippen LogP contribution in [-0.2, 0) is 14.4 Å². The van der Waals surface area contributed by atoms with Crippen molar-refractivity contribution in [3.63, 3.8) is 0 Å². The number of hydrogen-bond acceptors (Lipinski definition) is 6. The van der Waals surface area contributed by atoms with Crippen LogP contribution in [0.2, 0.25) is 0 Å². The summed E-state index contributed by atoms with van der Waals surface area (Å²) < 4.78 is -1.10. The second kappa shape index (κ2) is 5.35. The number of carboxylic acid groups (broad SMARTS) is 2. The highest BCUT2D eigenvalue weighted by molar-refractivity contribution is 8.02. The fourth-order valence-corrected chi connectivity index (χ4v) is 5.86. The summed E-state index contributed by atoms with van der Waals surface area (Å²) in [5, 5.41) is 28.6. The third-order valence-corrected chi connectivity index (χ3v) is 7.44. The zero-order valence-corrected chi connectivity index (χ0v) is 14.1. The molecule has 0 aliphatic carbocycles. The van der Waals surface area contributed by atoms with Crippen LogP contribution in [0, 0.1) is 5.41 Å². The lowest BCUT2D eigenvalue weighted by Crippen LogP contribution is -2.77. The molecule has 2 heterocycles. The van der Waals surface area contributed by atoms with E-state index >= 15 is 0 Å². The molecule has 2 rings (SSSR count). The Hall–Kier alpha value is -1.32. The first-order chi connectivity index (χ1) is 10.5. The van der Waals surface area contributed by atoms with E-state index in [0.717, 1.165) is 0 Å². The average Bonchev–Trinajstić information content (AvgIpc) is 2.72. The van der Waals surface area contributed by atoms with Gasteiger partial charge >= 0.3 is 11.9 Å². The lowest BCUT2D eigenvalue weighted by atomic mass is 9.67. The zero-order chi connectivity index (χ0) is 17.8. The number of carboxylic acids is 2. The third-order valence-electron chi connectivity index (χ3n) is 5.42. The van der Waals surface area contributed by atoms with Crippen molar-refractivity contribution in [2.45, 2.75) is 55.4 Å². The van der Waals surface area contributed by atoms with Gasteiger partial charge in [-0.1, -0.05) is 0 Å². The molecule has 0 spiro atoms. The normalized spacial score (nSPS) is 40.5. The number of nitrogens with two attached hydrogens (primary N) is 1. The largest absolute Gasteiger partial charge is 0.481 e. The molecule has 0 aromatic rings. The molecule has 1 amide bonds. The van der Waals surface area contributed by atoms with Crippen LogP contribution in [-0.4, -0.2) is 66.4 Å². The van der Waals surface area contributed by atoms with Crippen molar-refractivity contribution in [3.8, 4) is 0 Å². The topological polar surface area (TPSA) is 141 Å². The van der Waals surface area contributed by atoms with Crippen LogP contribution in [0.15, 0.2) is 0 Å². The summed E-state index contributed by atoms with van der Waals surface area (Å²) in [7, 11) is 0. The van der Waals surface area contributed by atoms with E-state index < -0.39 is 45.0 Å². The molecule has 0 aromatic carbocycles. The quantitative estimate of drug-likeness (QED) is 0.480. The maximum absolute atomic E-state index is 12.6. The number of aliphatic carboxylic acids is 2. The second-order valence-corrected chi connectivity index (χ2v) is 8.35. The number of hydrogen-bond donors (Lipinski definition) is 4. The Morgan fingerprint density at radius 2 is 1.96 bits per heavy atom. The molecule has 2 saturated heterocycles. The maximum atomic E-state index is 12.6. The van der Waals surface area contributed by atoms with Crippen molar-refractivity contribution in [1.82, 2.24) is 4.90 Å². The van der Waals surface area contributed by atoms with Gasteiger partial charge in [0.25, 0.3) is 0 Å². The highest BCUT2D eigenvalue weighted by Crippen LogP contribution is 2.67. The molecule has 0 radical (unpaired) electrons. The molecule has 5 N–H and O–H groups in total. The van der Waals surface area contributed by atoms with Gasteiger partial charge < -0.3 is 26.0 Å². The van der Waals surface area contributed by atoms with Gasteiger partial charge in [0, 0.05) is 13.0 Å². The molecule has 0 saturated carbocycles. The van der Waals surface area contributed by atoms with Gasteiger partial charge in [-0.25, -0.2) is 4.79 Å². The summed E-state index contributed by atoms with van der Waals surface area (Å²) in [5.74, 6) is -2.70. The minimum Gasteiger partial charge on any atom is -0.481 e. The molecule has 0 aromatic heterocycles. The first-order valence-electron chi connectivity index (χ1n) is 7.34. The number of aliphatic hydroxyl groups excluding tert-OH is 1. The molecule has 2 fully saturated rings. The van der Waals surface area contributed by atoms with Crippen LogP contribution < -0.4 is 5.73 Å². The average molecular weight is 346 g/mol. The minimum atomic E-state index is -1.21. The molecule has 130 valence electrons. The van der Waals surface area contributed by atoms with Crippen LogP contribution in [0.25, 0.3) is 0 Å². The van der Waals surface area contributed by atoms with Gasteiger partial charge in [-0.2, -0.15) is 0 Å². The number of amides is 1. The van der Waals surface area contributed by atoms with Gasteiger partial charge in [0.2, 0.25) is 5.91 Å². The Bertz CT molecular complexity index is 569. The van der Waals surface area contributed by atoms with Gasteiger partial charge in [0.15, 0.2) is 0 Å². The summed E-state index contributed by atoms with van der Waals surface area (Å²) in [6.07, 6.45) is -1.17. The van der Waals surface area contributed by atoms with E-state index in [4.69, 9.17) is 10.8 Å². The van der Waals surface area contributed by atoms with Crippen LogP contribution >= 0.6 is 11.8 Å². The third kappa shape index (κ3) is 2.10. The number of nitrogens with zero attached hydrogens (tertiary/aromatic N) is 1. The zero-order valence-electron chi connectivity index (χ0n) is 13.3. The molecule has 2 aliphatic rings. The smallest absolute Gasteiger partial charge is 0.327 e. The highest BCUT2D eigenvalue weighted by atomic mass is 32.2. The van der Waals surface area contributed by atoms with Crippen LogP contribution in [0.4, 0.5) is 0 Å². The monoisotopic (exact) mass is 346 g/mol. The summed E-state index contributed by atoms with van der Waals surface area (Å²) in [5.41, 5.74) is 4.69. The molecular formula is C14H22N2O6S. The first kappa shape index (κ1) is 18.0. The fraction of sp³-hybridized carbons (Fsp3) is 0.786.